The molecule has 3 amide bonds. The zero-order chi connectivity index (χ0) is 26.1. The van der Waals surface area contributed by atoms with Crippen molar-refractivity contribution in [2.24, 2.45) is 0 Å². The van der Waals surface area contributed by atoms with Gasteiger partial charge in [0.1, 0.15) is 22.9 Å². The number of hydrogen-bond donors (Lipinski definition) is 2. The van der Waals surface area contributed by atoms with Crippen molar-refractivity contribution in [1.82, 2.24) is 25.1 Å². The molecule has 1 unspecified atom stereocenters. The summed E-state index contributed by atoms with van der Waals surface area (Å²) in [5.41, 5.74) is 0.284. The van der Waals surface area contributed by atoms with Crippen LogP contribution in [0.1, 0.15) is 34.7 Å². The molecule has 3 aromatic rings. The van der Waals surface area contributed by atoms with E-state index in [0.717, 1.165) is 0 Å². The van der Waals surface area contributed by atoms with Crippen LogP contribution in [0.5, 0.6) is 0 Å². The Morgan fingerprint density at radius 1 is 1.19 bits per heavy atom. The van der Waals surface area contributed by atoms with Gasteiger partial charge in [-0.3, -0.25) is 19.2 Å². The van der Waals surface area contributed by atoms with Crippen molar-refractivity contribution in [3.05, 3.63) is 66.9 Å². The first-order valence-electron chi connectivity index (χ1n) is 10.5. The number of anilines is 1. The van der Waals surface area contributed by atoms with Gasteiger partial charge in [-0.1, -0.05) is 23.2 Å². The number of nitrogens with zero attached hydrogens (tertiary/aromatic N) is 4. The maximum Gasteiger partial charge on any atom is 0.274 e. The molecule has 0 bridgehead atoms. The smallest absolute Gasteiger partial charge is 0.274 e. The van der Waals surface area contributed by atoms with E-state index < -0.39 is 17.9 Å². The van der Waals surface area contributed by atoms with E-state index >= 15 is 0 Å². The molecule has 1 aliphatic heterocycles. The highest BCUT2D eigenvalue weighted by Crippen LogP contribution is 2.32. The summed E-state index contributed by atoms with van der Waals surface area (Å²) in [7, 11) is 0. The molecular formula is C22H18Br2Cl2N6O4. The second kappa shape index (κ2) is 10.9. The van der Waals surface area contributed by atoms with Gasteiger partial charge in [0.2, 0.25) is 0 Å². The summed E-state index contributed by atoms with van der Waals surface area (Å²) < 4.78 is 2.00. The molecule has 1 saturated heterocycles. The van der Waals surface area contributed by atoms with Crippen LogP contribution in [0.3, 0.4) is 0 Å². The molecule has 0 spiro atoms. The predicted octanol–water partition coefficient (Wildman–Crippen LogP) is 4.63. The highest BCUT2D eigenvalue weighted by molar-refractivity contribution is 9.10. The van der Waals surface area contributed by atoms with Crippen molar-refractivity contribution in [3.63, 3.8) is 0 Å². The lowest BCUT2D eigenvalue weighted by Crippen LogP contribution is -2.44. The molecule has 0 radical (unpaired) electrons. The molecule has 0 aliphatic carbocycles. The third kappa shape index (κ3) is 5.42. The average molecular weight is 661 g/mol. The molecule has 14 heteroatoms. The predicted molar refractivity (Wildman–Crippen MR) is 140 cm³/mol. The lowest BCUT2D eigenvalue weighted by molar-refractivity contribution is -0.170. The normalized spacial score (nSPS) is 15.5. The van der Waals surface area contributed by atoms with Crippen LogP contribution in [0.15, 0.2) is 45.6 Å². The van der Waals surface area contributed by atoms with Gasteiger partial charge in [-0.15, -0.1) is 0 Å². The van der Waals surface area contributed by atoms with Crippen molar-refractivity contribution in [2.45, 2.75) is 25.9 Å². The van der Waals surface area contributed by atoms with Gasteiger partial charge in [-0.25, -0.2) is 14.7 Å². The summed E-state index contributed by atoms with van der Waals surface area (Å²) in [6, 6.07) is 6.60. The van der Waals surface area contributed by atoms with Crippen LogP contribution in [0.25, 0.3) is 5.82 Å². The molecule has 3 heterocycles. The molecule has 1 atom stereocenters. The fraction of sp³-hybridized carbons (Fsp3) is 0.227. The number of carbonyl (C=O) groups is 3. The van der Waals surface area contributed by atoms with Crippen molar-refractivity contribution >= 4 is 78.5 Å². The Labute approximate surface area is 232 Å². The number of nitrogens with one attached hydrogen (secondary N) is 2. The standard InChI is InChI=1S/C22H18Br2Cl2N6O4/c1-10(2)32-22(35)15(9-36-32)28-20(33)12-6-11(25)7-13(23)18(12)29-21(34)16-8-17(24)30-31(16)19-14(26)4-3-5-27-19/h3-8,10,15H,9H2,1-2H3,(H,28,33)(H,29,34). The van der Waals surface area contributed by atoms with Crippen LogP contribution in [0, 0.1) is 0 Å². The summed E-state index contributed by atoms with van der Waals surface area (Å²) in [5, 5.41) is 11.4. The van der Waals surface area contributed by atoms with Crippen LogP contribution in [-0.2, 0) is 9.63 Å². The molecule has 2 N–H and O–H groups in total. The molecule has 1 aromatic carbocycles. The zero-order valence-electron chi connectivity index (χ0n) is 18.8. The molecule has 1 aliphatic rings. The Morgan fingerprint density at radius 2 is 1.94 bits per heavy atom. The highest BCUT2D eigenvalue weighted by atomic mass is 79.9. The molecule has 2 aromatic heterocycles. The average Bonchev–Trinajstić information content (AvgIpc) is 3.38. The third-order valence-corrected chi connectivity index (χ3v) is 6.59. The van der Waals surface area contributed by atoms with Crippen molar-refractivity contribution in [1.29, 1.82) is 0 Å². The number of hydrogen-bond acceptors (Lipinski definition) is 6. The van der Waals surface area contributed by atoms with Gasteiger partial charge in [-0.2, -0.15) is 5.10 Å². The quantitative estimate of drug-likeness (QED) is 0.398. The van der Waals surface area contributed by atoms with Crippen molar-refractivity contribution in [3.8, 4) is 5.82 Å². The highest BCUT2D eigenvalue weighted by Gasteiger charge is 2.36. The van der Waals surface area contributed by atoms with E-state index in [0.29, 0.717) is 9.08 Å². The molecular weight excluding hydrogens is 643 g/mol. The van der Waals surface area contributed by atoms with E-state index in [-0.39, 0.29) is 51.4 Å². The number of halogens is 4. The van der Waals surface area contributed by atoms with Gasteiger partial charge >= 0.3 is 0 Å². The Kier molecular flexibility index (Phi) is 8.00. The fourth-order valence-electron chi connectivity index (χ4n) is 3.45. The third-order valence-electron chi connectivity index (χ3n) is 5.06. The fourth-order valence-corrected chi connectivity index (χ4v) is 4.94. The second-order valence-corrected chi connectivity index (χ2v) is 10.4. The first-order chi connectivity index (χ1) is 17.1. The summed E-state index contributed by atoms with van der Waals surface area (Å²) >= 11 is 19.1. The lowest BCUT2D eigenvalue weighted by atomic mass is 10.1. The lowest BCUT2D eigenvalue weighted by Gasteiger charge is -2.19. The maximum atomic E-state index is 13.3. The largest absolute Gasteiger partial charge is 0.338 e. The molecule has 10 nitrogen and oxygen atoms in total. The summed E-state index contributed by atoms with van der Waals surface area (Å²) in [5.74, 6) is -1.34. The van der Waals surface area contributed by atoms with E-state index in [4.69, 9.17) is 28.0 Å². The van der Waals surface area contributed by atoms with Gasteiger partial charge < -0.3 is 10.6 Å². The number of amides is 3. The molecule has 1 fully saturated rings. The minimum atomic E-state index is -0.884. The maximum absolute atomic E-state index is 13.3. The van der Waals surface area contributed by atoms with E-state index in [2.05, 4.69) is 52.6 Å². The second-order valence-electron chi connectivity index (χ2n) is 7.92. The van der Waals surface area contributed by atoms with E-state index in [1.165, 1.54) is 34.1 Å². The minimum absolute atomic E-state index is 0.00969. The Bertz CT molecular complexity index is 1370. The Balaban J connectivity index is 1.64. The van der Waals surface area contributed by atoms with Gasteiger partial charge in [0, 0.05) is 21.8 Å². The molecule has 0 saturated carbocycles. The zero-order valence-corrected chi connectivity index (χ0v) is 23.4. The van der Waals surface area contributed by atoms with Crippen LogP contribution < -0.4 is 10.6 Å². The first-order valence-corrected chi connectivity index (χ1v) is 12.8. The summed E-state index contributed by atoms with van der Waals surface area (Å²) in [6.07, 6.45) is 1.52. The van der Waals surface area contributed by atoms with E-state index in [1.807, 2.05) is 0 Å². The van der Waals surface area contributed by atoms with Crippen LogP contribution in [-0.4, -0.2) is 56.2 Å². The van der Waals surface area contributed by atoms with E-state index in [1.54, 1.807) is 26.0 Å². The number of carbonyl (C=O) groups excluding carboxylic acids is 3. The summed E-state index contributed by atoms with van der Waals surface area (Å²) in [6.45, 7) is 3.58. The monoisotopic (exact) mass is 658 g/mol. The van der Waals surface area contributed by atoms with Crippen molar-refractivity contribution < 1.29 is 19.2 Å². The Morgan fingerprint density at radius 3 is 2.61 bits per heavy atom. The number of aromatic nitrogens is 3. The topological polar surface area (TPSA) is 118 Å². The SMILES string of the molecule is CC(C)N1OCC(NC(=O)c2cc(Cl)cc(Br)c2NC(=O)c2cc(Br)nn2-c2ncccc2Cl)C1=O. The summed E-state index contributed by atoms with van der Waals surface area (Å²) in [4.78, 5) is 48.6. The van der Waals surface area contributed by atoms with Crippen molar-refractivity contribution in [2.75, 3.05) is 11.9 Å². The number of pyridine rings is 1. The molecule has 36 heavy (non-hydrogen) atoms. The van der Waals surface area contributed by atoms with Gasteiger partial charge in [0.05, 0.1) is 22.3 Å². The van der Waals surface area contributed by atoms with Gasteiger partial charge in [0.25, 0.3) is 17.7 Å². The number of hydroxylamine groups is 2. The molecule has 188 valence electrons. The number of rotatable bonds is 6. The minimum Gasteiger partial charge on any atom is -0.338 e. The first kappa shape index (κ1) is 26.6. The van der Waals surface area contributed by atoms with Crippen LogP contribution in [0.2, 0.25) is 10.0 Å². The van der Waals surface area contributed by atoms with E-state index in [9.17, 15) is 14.4 Å². The van der Waals surface area contributed by atoms with Crippen LogP contribution in [0.4, 0.5) is 5.69 Å². The number of benzene rings is 1. The van der Waals surface area contributed by atoms with Crippen LogP contribution >= 0.6 is 55.1 Å². The molecule has 4 rings (SSSR count). The van der Waals surface area contributed by atoms with Gasteiger partial charge in [-0.05, 0) is 70.0 Å². The van der Waals surface area contributed by atoms with Gasteiger partial charge in [0.15, 0.2) is 5.82 Å². The Hall–Kier alpha value is -2.51.